The molecule has 0 saturated heterocycles. The quantitative estimate of drug-likeness (QED) is 0.943. The van der Waals surface area contributed by atoms with Gasteiger partial charge in [0.1, 0.15) is 5.69 Å². The second-order valence-electron chi connectivity index (χ2n) is 4.53. The Morgan fingerprint density at radius 2 is 2.05 bits per heavy atom. The highest BCUT2D eigenvalue weighted by atomic mass is 35.5. The average molecular weight is 305 g/mol. The van der Waals surface area contributed by atoms with Crippen LogP contribution in [0.15, 0.2) is 42.6 Å². The van der Waals surface area contributed by atoms with Gasteiger partial charge in [0.2, 0.25) is 0 Å². The minimum atomic E-state index is -1.16. The highest BCUT2D eigenvalue weighted by Crippen LogP contribution is 2.14. The molecule has 0 unspecified atom stereocenters. The van der Waals surface area contributed by atoms with Crippen LogP contribution in [0.3, 0.4) is 0 Å². The topological polar surface area (TPSA) is 70.5 Å². The predicted octanol–water partition coefficient (Wildman–Crippen LogP) is 2.71. The number of hydrogen-bond acceptors (Lipinski definition) is 3. The van der Waals surface area contributed by atoms with Crippen LogP contribution in [0.2, 0.25) is 5.02 Å². The van der Waals surface area contributed by atoms with Crippen molar-refractivity contribution in [3.05, 3.63) is 64.4 Å². The highest BCUT2D eigenvalue weighted by Gasteiger charge is 2.15. The van der Waals surface area contributed by atoms with Gasteiger partial charge in [-0.15, -0.1) is 0 Å². The van der Waals surface area contributed by atoms with Crippen molar-refractivity contribution in [2.45, 2.75) is 6.54 Å². The van der Waals surface area contributed by atoms with Crippen molar-refractivity contribution >= 4 is 23.5 Å². The van der Waals surface area contributed by atoms with Crippen LogP contribution in [-0.2, 0) is 6.54 Å². The van der Waals surface area contributed by atoms with E-state index in [2.05, 4.69) is 4.98 Å². The van der Waals surface area contributed by atoms with Crippen LogP contribution >= 0.6 is 11.6 Å². The first-order valence-corrected chi connectivity index (χ1v) is 6.54. The van der Waals surface area contributed by atoms with Gasteiger partial charge < -0.3 is 10.0 Å². The zero-order chi connectivity index (χ0) is 15.4. The number of halogens is 1. The van der Waals surface area contributed by atoms with Crippen molar-refractivity contribution in [2.75, 3.05) is 7.05 Å². The molecule has 0 spiro atoms. The smallest absolute Gasteiger partial charge is 0.354 e. The normalized spacial score (nSPS) is 10.2. The fourth-order valence-corrected chi connectivity index (χ4v) is 2.09. The van der Waals surface area contributed by atoms with Crippen molar-refractivity contribution in [2.24, 2.45) is 0 Å². The van der Waals surface area contributed by atoms with Crippen molar-refractivity contribution in [1.82, 2.24) is 9.88 Å². The molecule has 0 atom stereocenters. The summed E-state index contributed by atoms with van der Waals surface area (Å²) >= 11 is 5.90. The van der Waals surface area contributed by atoms with Gasteiger partial charge in [-0.05, 0) is 29.8 Å². The van der Waals surface area contributed by atoms with Gasteiger partial charge in [0.05, 0.1) is 0 Å². The van der Waals surface area contributed by atoms with E-state index >= 15 is 0 Å². The molecule has 1 heterocycles. The van der Waals surface area contributed by atoms with E-state index in [0.717, 1.165) is 5.56 Å². The number of carboxylic acids is 1. The van der Waals surface area contributed by atoms with Gasteiger partial charge in [-0.25, -0.2) is 9.78 Å². The SMILES string of the molecule is CN(Cc1cccc(Cl)c1)C(=O)c1ccnc(C(=O)O)c1. The number of carbonyl (C=O) groups excluding carboxylic acids is 1. The van der Waals surface area contributed by atoms with E-state index in [9.17, 15) is 9.59 Å². The molecule has 2 rings (SSSR count). The zero-order valence-corrected chi connectivity index (χ0v) is 12.0. The maximum absolute atomic E-state index is 12.3. The third kappa shape index (κ3) is 3.79. The minimum Gasteiger partial charge on any atom is -0.477 e. The number of benzene rings is 1. The van der Waals surface area contributed by atoms with Gasteiger partial charge in [0.25, 0.3) is 5.91 Å². The van der Waals surface area contributed by atoms with Crippen molar-refractivity contribution in [3.8, 4) is 0 Å². The molecule has 1 aromatic carbocycles. The van der Waals surface area contributed by atoms with Gasteiger partial charge in [0.15, 0.2) is 0 Å². The summed E-state index contributed by atoms with van der Waals surface area (Å²) in [6, 6.07) is 9.97. The molecule has 0 aliphatic carbocycles. The average Bonchev–Trinajstić information content (AvgIpc) is 2.46. The lowest BCUT2D eigenvalue weighted by Gasteiger charge is -2.17. The molecule has 21 heavy (non-hydrogen) atoms. The first-order valence-electron chi connectivity index (χ1n) is 6.16. The summed E-state index contributed by atoms with van der Waals surface area (Å²) < 4.78 is 0. The number of hydrogen-bond donors (Lipinski definition) is 1. The summed E-state index contributed by atoms with van der Waals surface area (Å²) in [5.74, 6) is -1.44. The van der Waals surface area contributed by atoms with Gasteiger partial charge in [-0.3, -0.25) is 4.79 Å². The van der Waals surface area contributed by atoms with Crippen LogP contribution in [0.4, 0.5) is 0 Å². The van der Waals surface area contributed by atoms with E-state index in [-0.39, 0.29) is 17.2 Å². The van der Waals surface area contributed by atoms with Crippen LogP contribution in [0.5, 0.6) is 0 Å². The summed E-state index contributed by atoms with van der Waals surface area (Å²) in [6.07, 6.45) is 1.31. The van der Waals surface area contributed by atoms with Crippen molar-refractivity contribution < 1.29 is 14.7 Å². The second-order valence-corrected chi connectivity index (χ2v) is 4.96. The predicted molar refractivity (Wildman–Crippen MR) is 78.4 cm³/mol. The standard InChI is InChI=1S/C15H13ClN2O3/c1-18(9-10-3-2-4-12(16)7-10)14(19)11-5-6-17-13(8-11)15(20)21/h2-8H,9H2,1H3,(H,20,21). The molecule has 0 radical (unpaired) electrons. The number of nitrogens with zero attached hydrogens (tertiary/aromatic N) is 2. The third-order valence-electron chi connectivity index (χ3n) is 2.88. The summed E-state index contributed by atoms with van der Waals surface area (Å²) in [4.78, 5) is 28.3. The van der Waals surface area contributed by atoms with E-state index in [0.29, 0.717) is 11.6 Å². The lowest BCUT2D eigenvalue weighted by Crippen LogP contribution is -2.26. The first-order chi connectivity index (χ1) is 9.97. The van der Waals surface area contributed by atoms with Crippen LogP contribution in [-0.4, -0.2) is 33.9 Å². The number of rotatable bonds is 4. The Morgan fingerprint density at radius 1 is 1.29 bits per heavy atom. The fraction of sp³-hybridized carbons (Fsp3) is 0.133. The molecule has 0 aliphatic rings. The van der Waals surface area contributed by atoms with Crippen LogP contribution in [0.25, 0.3) is 0 Å². The molecule has 0 fully saturated rings. The molecule has 5 nitrogen and oxygen atoms in total. The molecule has 0 saturated carbocycles. The summed E-state index contributed by atoms with van der Waals surface area (Å²) in [7, 11) is 1.64. The number of carbonyl (C=O) groups is 2. The summed E-state index contributed by atoms with van der Waals surface area (Å²) in [6.45, 7) is 0.379. The minimum absolute atomic E-state index is 0.156. The maximum atomic E-state index is 12.3. The highest BCUT2D eigenvalue weighted by molar-refractivity contribution is 6.30. The molecule has 0 aliphatic heterocycles. The fourth-order valence-electron chi connectivity index (χ4n) is 1.88. The van der Waals surface area contributed by atoms with Gasteiger partial charge >= 0.3 is 5.97 Å². The van der Waals surface area contributed by atoms with E-state index in [1.165, 1.54) is 23.2 Å². The second kappa shape index (κ2) is 6.37. The van der Waals surface area contributed by atoms with Crippen LogP contribution in [0, 0.1) is 0 Å². The Labute approximate surface area is 126 Å². The van der Waals surface area contributed by atoms with Gasteiger partial charge in [-0.1, -0.05) is 23.7 Å². The van der Waals surface area contributed by atoms with Crippen molar-refractivity contribution in [1.29, 1.82) is 0 Å². The van der Waals surface area contributed by atoms with Crippen molar-refractivity contribution in [3.63, 3.8) is 0 Å². The molecule has 2 aromatic rings. The number of aromatic nitrogens is 1. The van der Waals surface area contributed by atoms with Crippen LogP contribution < -0.4 is 0 Å². The molecule has 1 N–H and O–H groups in total. The van der Waals surface area contributed by atoms with Gasteiger partial charge in [0, 0.05) is 30.4 Å². The zero-order valence-electron chi connectivity index (χ0n) is 11.3. The molecule has 0 bridgehead atoms. The molecule has 1 aromatic heterocycles. The Bertz CT molecular complexity index is 688. The number of amides is 1. The monoisotopic (exact) mass is 304 g/mol. The lowest BCUT2D eigenvalue weighted by atomic mass is 10.1. The number of carboxylic acid groups (broad SMARTS) is 1. The van der Waals surface area contributed by atoms with E-state index in [1.54, 1.807) is 19.2 Å². The first kappa shape index (κ1) is 15.0. The Kier molecular flexibility index (Phi) is 4.55. The van der Waals surface area contributed by atoms with E-state index < -0.39 is 5.97 Å². The summed E-state index contributed by atoms with van der Waals surface area (Å²) in [5, 5.41) is 9.50. The van der Waals surface area contributed by atoms with E-state index in [1.807, 2.05) is 12.1 Å². The largest absolute Gasteiger partial charge is 0.477 e. The van der Waals surface area contributed by atoms with Gasteiger partial charge in [-0.2, -0.15) is 0 Å². The third-order valence-corrected chi connectivity index (χ3v) is 3.12. The number of aromatic carboxylic acids is 1. The molecule has 1 amide bonds. The van der Waals surface area contributed by atoms with Crippen LogP contribution in [0.1, 0.15) is 26.4 Å². The summed E-state index contributed by atoms with van der Waals surface area (Å²) in [5.41, 5.74) is 1.02. The molecule has 6 heteroatoms. The van der Waals surface area contributed by atoms with E-state index in [4.69, 9.17) is 16.7 Å². The molecule has 108 valence electrons. The maximum Gasteiger partial charge on any atom is 0.354 e. The molecular weight excluding hydrogens is 292 g/mol. The lowest BCUT2D eigenvalue weighted by molar-refractivity contribution is 0.0690. The Hall–Kier alpha value is -2.40. The number of pyridine rings is 1. The Morgan fingerprint density at radius 3 is 2.71 bits per heavy atom. The Balaban J connectivity index is 2.15. The molecular formula is C15H13ClN2O3.